The second kappa shape index (κ2) is 9.23. The third-order valence-corrected chi connectivity index (χ3v) is 3.82. The van der Waals surface area contributed by atoms with Gasteiger partial charge in [0.25, 0.3) is 5.91 Å². The van der Waals surface area contributed by atoms with Crippen LogP contribution < -0.4 is 19.5 Å². The van der Waals surface area contributed by atoms with Crippen LogP contribution in [0.3, 0.4) is 0 Å². The molecule has 0 saturated heterocycles. The summed E-state index contributed by atoms with van der Waals surface area (Å²) in [6.45, 7) is -0.227. The third-order valence-electron chi connectivity index (χ3n) is 3.82. The molecule has 0 heterocycles. The molecule has 28 heavy (non-hydrogen) atoms. The molecule has 0 atom stereocenters. The Kier molecular flexibility index (Phi) is 6.25. The maximum atomic E-state index is 12.1. The van der Waals surface area contributed by atoms with E-state index >= 15 is 0 Å². The van der Waals surface area contributed by atoms with Crippen LogP contribution in [-0.2, 0) is 4.79 Å². The lowest BCUT2D eigenvalue weighted by atomic mass is 10.2. The minimum absolute atomic E-state index is 0.227. The van der Waals surface area contributed by atoms with E-state index in [1.807, 2.05) is 30.3 Å². The fourth-order valence-corrected chi connectivity index (χ4v) is 2.45. The summed E-state index contributed by atoms with van der Waals surface area (Å²) in [6, 6.07) is 21.2. The maximum Gasteiger partial charge on any atom is 0.262 e. The summed E-state index contributed by atoms with van der Waals surface area (Å²) in [5.41, 5.74) is 0.925. The van der Waals surface area contributed by atoms with Crippen molar-refractivity contribution in [3.05, 3.63) is 78.4 Å². The van der Waals surface area contributed by atoms with Crippen LogP contribution in [0, 0.1) is 0 Å². The number of anilines is 1. The average molecular weight is 377 g/mol. The van der Waals surface area contributed by atoms with Gasteiger partial charge in [0.2, 0.25) is 0 Å². The molecule has 0 aliphatic carbocycles. The van der Waals surface area contributed by atoms with Crippen molar-refractivity contribution in [1.29, 1.82) is 0 Å². The normalized spacial score (nSPS) is 10.0. The molecule has 1 amide bonds. The number of carbonyl (C=O) groups excluding carboxylic acids is 2. The Bertz CT molecular complexity index is 939. The van der Waals surface area contributed by atoms with E-state index in [9.17, 15) is 9.59 Å². The minimum atomic E-state index is -0.343. The molecule has 3 aromatic rings. The number of hydrogen-bond acceptors (Lipinski definition) is 5. The second-order valence-corrected chi connectivity index (χ2v) is 5.80. The van der Waals surface area contributed by atoms with Crippen molar-refractivity contribution < 1.29 is 23.8 Å². The highest BCUT2D eigenvalue weighted by molar-refractivity contribution is 5.92. The van der Waals surface area contributed by atoms with Gasteiger partial charge < -0.3 is 19.5 Å². The molecule has 1 N–H and O–H groups in total. The molecule has 6 nitrogen and oxygen atoms in total. The van der Waals surface area contributed by atoms with E-state index in [-0.39, 0.29) is 12.5 Å². The molecular weight excluding hydrogens is 358 g/mol. The number of methoxy groups -OCH3 is 1. The van der Waals surface area contributed by atoms with Crippen LogP contribution in [0.25, 0.3) is 0 Å². The van der Waals surface area contributed by atoms with Crippen LogP contribution in [0.5, 0.6) is 23.0 Å². The predicted octanol–water partition coefficient (Wildman–Crippen LogP) is 4.32. The Morgan fingerprint density at radius 3 is 2.29 bits per heavy atom. The molecule has 3 aromatic carbocycles. The topological polar surface area (TPSA) is 73.9 Å². The summed E-state index contributed by atoms with van der Waals surface area (Å²) >= 11 is 0. The fraction of sp³-hybridized carbons (Fsp3) is 0.0909. The molecule has 3 rings (SSSR count). The van der Waals surface area contributed by atoms with Crippen molar-refractivity contribution in [2.45, 2.75) is 0 Å². The zero-order valence-corrected chi connectivity index (χ0v) is 15.3. The van der Waals surface area contributed by atoms with E-state index in [2.05, 4.69) is 5.32 Å². The average Bonchev–Trinajstić information content (AvgIpc) is 2.74. The number of hydrogen-bond donors (Lipinski definition) is 1. The summed E-state index contributed by atoms with van der Waals surface area (Å²) in [5, 5.41) is 2.73. The lowest BCUT2D eigenvalue weighted by molar-refractivity contribution is -0.118. The minimum Gasteiger partial charge on any atom is -0.497 e. The van der Waals surface area contributed by atoms with Gasteiger partial charge in [0.15, 0.2) is 12.9 Å². The number of rotatable bonds is 8. The summed E-state index contributed by atoms with van der Waals surface area (Å²) < 4.78 is 16.2. The zero-order chi connectivity index (χ0) is 19.8. The van der Waals surface area contributed by atoms with E-state index < -0.39 is 0 Å². The van der Waals surface area contributed by atoms with Crippen LogP contribution in [0.15, 0.2) is 72.8 Å². The number of benzene rings is 3. The van der Waals surface area contributed by atoms with Gasteiger partial charge in [0, 0.05) is 5.69 Å². The van der Waals surface area contributed by atoms with E-state index in [1.165, 1.54) is 7.11 Å². The van der Waals surface area contributed by atoms with Crippen molar-refractivity contribution in [3.63, 3.8) is 0 Å². The standard InChI is InChI=1S/C22H19NO5/c1-26-20-11-12-21(16(13-20)14-24)27-15-22(25)23-17-7-9-19(10-8-17)28-18-5-3-2-4-6-18/h2-14H,15H2,1H3,(H,23,25). The molecule has 0 aliphatic rings. The molecule has 6 heteroatoms. The first-order chi connectivity index (χ1) is 13.7. The van der Waals surface area contributed by atoms with Crippen LogP contribution >= 0.6 is 0 Å². The monoisotopic (exact) mass is 377 g/mol. The lowest BCUT2D eigenvalue weighted by Gasteiger charge is -2.11. The molecule has 0 radical (unpaired) electrons. The van der Waals surface area contributed by atoms with E-state index in [1.54, 1.807) is 42.5 Å². The summed E-state index contributed by atoms with van der Waals surface area (Å²) in [7, 11) is 1.51. The van der Waals surface area contributed by atoms with Gasteiger partial charge in [-0.1, -0.05) is 18.2 Å². The van der Waals surface area contributed by atoms with Gasteiger partial charge in [-0.05, 0) is 54.6 Å². The van der Waals surface area contributed by atoms with Crippen molar-refractivity contribution in [2.75, 3.05) is 19.0 Å². The number of amides is 1. The number of ether oxygens (including phenoxy) is 3. The highest BCUT2D eigenvalue weighted by Gasteiger charge is 2.09. The van der Waals surface area contributed by atoms with Crippen molar-refractivity contribution in [2.24, 2.45) is 0 Å². The SMILES string of the molecule is COc1ccc(OCC(=O)Nc2ccc(Oc3ccccc3)cc2)c(C=O)c1. The van der Waals surface area contributed by atoms with Gasteiger partial charge >= 0.3 is 0 Å². The van der Waals surface area contributed by atoms with Crippen LogP contribution in [0.1, 0.15) is 10.4 Å². The Balaban J connectivity index is 1.54. The third kappa shape index (κ3) is 5.11. The molecule has 0 fully saturated rings. The zero-order valence-electron chi connectivity index (χ0n) is 15.3. The molecule has 0 aromatic heterocycles. The lowest BCUT2D eigenvalue weighted by Crippen LogP contribution is -2.20. The van der Waals surface area contributed by atoms with Gasteiger partial charge in [-0.2, -0.15) is 0 Å². The Hall–Kier alpha value is -3.80. The second-order valence-electron chi connectivity index (χ2n) is 5.80. The first-order valence-corrected chi connectivity index (χ1v) is 8.57. The highest BCUT2D eigenvalue weighted by atomic mass is 16.5. The van der Waals surface area contributed by atoms with Gasteiger partial charge in [-0.25, -0.2) is 0 Å². The number of para-hydroxylation sites is 1. The van der Waals surface area contributed by atoms with E-state index in [4.69, 9.17) is 14.2 Å². The van der Waals surface area contributed by atoms with Crippen molar-refractivity contribution in [1.82, 2.24) is 0 Å². The first-order valence-electron chi connectivity index (χ1n) is 8.57. The summed E-state index contributed by atoms with van der Waals surface area (Å²) in [6.07, 6.45) is 0.654. The fourth-order valence-electron chi connectivity index (χ4n) is 2.45. The molecule has 0 unspecified atom stereocenters. The van der Waals surface area contributed by atoms with Gasteiger partial charge in [-0.3, -0.25) is 9.59 Å². The summed E-state index contributed by atoms with van der Waals surface area (Å²) in [5.74, 6) is 1.91. The summed E-state index contributed by atoms with van der Waals surface area (Å²) in [4.78, 5) is 23.3. The Morgan fingerprint density at radius 2 is 1.61 bits per heavy atom. The molecule has 0 bridgehead atoms. The molecule has 0 aliphatic heterocycles. The van der Waals surface area contributed by atoms with Gasteiger partial charge in [0.05, 0.1) is 12.7 Å². The number of aldehydes is 1. The van der Waals surface area contributed by atoms with Gasteiger partial charge in [-0.15, -0.1) is 0 Å². The predicted molar refractivity (Wildman–Crippen MR) is 105 cm³/mol. The molecule has 0 saturated carbocycles. The molecular formula is C22H19NO5. The van der Waals surface area contributed by atoms with Crippen LogP contribution in [-0.4, -0.2) is 25.9 Å². The smallest absolute Gasteiger partial charge is 0.262 e. The van der Waals surface area contributed by atoms with E-state index in [0.29, 0.717) is 34.8 Å². The van der Waals surface area contributed by atoms with E-state index in [0.717, 1.165) is 5.75 Å². The number of nitrogens with one attached hydrogen (secondary N) is 1. The van der Waals surface area contributed by atoms with Crippen LogP contribution in [0.4, 0.5) is 5.69 Å². The highest BCUT2D eigenvalue weighted by Crippen LogP contribution is 2.24. The molecule has 0 spiro atoms. The molecule has 142 valence electrons. The van der Waals surface area contributed by atoms with Gasteiger partial charge in [0.1, 0.15) is 23.0 Å². The maximum absolute atomic E-state index is 12.1. The van der Waals surface area contributed by atoms with Crippen LogP contribution in [0.2, 0.25) is 0 Å². The van der Waals surface area contributed by atoms with Crippen molar-refractivity contribution >= 4 is 17.9 Å². The Labute approximate surface area is 162 Å². The largest absolute Gasteiger partial charge is 0.497 e. The Morgan fingerprint density at radius 1 is 0.929 bits per heavy atom. The first kappa shape index (κ1) is 19.0. The number of carbonyl (C=O) groups is 2. The van der Waals surface area contributed by atoms with Crippen molar-refractivity contribution in [3.8, 4) is 23.0 Å². The quantitative estimate of drug-likeness (QED) is 0.592.